The van der Waals surface area contributed by atoms with Gasteiger partial charge in [-0.2, -0.15) is 0 Å². The van der Waals surface area contributed by atoms with Crippen LogP contribution >= 0.6 is 23.2 Å². The molecule has 3 aromatic rings. The average Bonchev–Trinajstić information content (AvgIpc) is 2.54. The summed E-state index contributed by atoms with van der Waals surface area (Å²) in [5.41, 5.74) is 2.13. The van der Waals surface area contributed by atoms with Crippen molar-refractivity contribution in [3.05, 3.63) is 93.5 Å². The van der Waals surface area contributed by atoms with E-state index in [4.69, 9.17) is 27.9 Å². The number of halogens is 2. The Morgan fingerprint density at radius 3 is 2.08 bits per heavy atom. The van der Waals surface area contributed by atoms with Gasteiger partial charge in [-0.1, -0.05) is 35.3 Å². The minimum Gasteiger partial charge on any atom is -0.457 e. The minimum absolute atomic E-state index is 0.137. The molecule has 24 heavy (non-hydrogen) atoms. The van der Waals surface area contributed by atoms with Crippen molar-refractivity contribution in [3.63, 3.8) is 0 Å². The molecule has 0 aliphatic carbocycles. The predicted octanol–water partition coefficient (Wildman–Crippen LogP) is 6.33. The second kappa shape index (κ2) is 7.08. The molecule has 0 bridgehead atoms. The van der Waals surface area contributed by atoms with E-state index in [1.807, 2.05) is 31.2 Å². The zero-order chi connectivity index (χ0) is 17.1. The second-order valence-electron chi connectivity index (χ2n) is 5.43. The van der Waals surface area contributed by atoms with E-state index in [1.165, 1.54) is 0 Å². The number of ketones is 1. The van der Waals surface area contributed by atoms with Crippen LogP contribution in [0.4, 0.5) is 0 Å². The summed E-state index contributed by atoms with van der Waals surface area (Å²) >= 11 is 11.9. The van der Waals surface area contributed by atoms with Crippen LogP contribution in [-0.2, 0) is 0 Å². The number of carbonyl (C=O) groups is 1. The quantitative estimate of drug-likeness (QED) is 0.510. The van der Waals surface area contributed by atoms with Crippen LogP contribution in [0.1, 0.15) is 21.5 Å². The van der Waals surface area contributed by atoms with Crippen LogP contribution in [0.2, 0.25) is 10.0 Å². The van der Waals surface area contributed by atoms with E-state index in [9.17, 15) is 4.79 Å². The summed E-state index contributed by atoms with van der Waals surface area (Å²) in [4.78, 5) is 12.5. The Hall–Kier alpha value is -2.29. The highest BCUT2D eigenvalue weighted by Gasteiger charge is 2.11. The van der Waals surface area contributed by atoms with E-state index in [1.54, 1.807) is 42.5 Å². The van der Waals surface area contributed by atoms with Gasteiger partial charge in [0.1, 0.15) is 11.5 Å². The molecular weight excluding hydrogens is 343 g/mol. The summed E-state index contributed by atoms with van der Waals surface area (Å²) < 4.78 is 5.78. The molecule has 0 heterocycles. The fourth-order valence-corrected chi connectivity index (χ4v) is 2.87. The fourth-order valence-electron chi connectivity index (χ4n) is 2.34. The largest absolute Gasteiger partial charge is 0.457 e. The first-order valence-corrected chi connectivity index (χ1v) is 8.12. The van der Waals surface area contributed by atoms with Crippen LogP contribution in [0, 0.1) is 6.92 Å². The third kappa shape index (κ3) is 3.97. The third-order valence-corrected chi connectivity index (χ3v) is 3.90. The van der Waals surface area contributed by atoms with Gasteiger partial charge in [-0.15, -0.1) is 0 Å². The van der Waals surface area contributed by atoms with Gasteiger partial charge in [-0.05, 0) is 67.1 Å². The van der Waals surface area contributed by atoms with Crippen LogP contribution in [0.25, 0.3) is 0 Å². The number of hydrogen-bond acceptors (Lipinski definition) is 2. The molecule has 0 saturated heterocycles. The van der Waals surface area contributed by atoms with E-state index in [-0.39, 0.29) is 5.78 Å². The van der Waals surface area contributed by atoms with Gasteiger partial charge in [0.15, 0.2) is 5.78 Å². The van der Waals surface area contributed by atoms with Gasteiger partial charge in [0.25, 0.3) is 0 Å². The lowest BCUT2D eigenvalue weighted by molar-refractivity contribution is 0.103. The molecule has 120 valence electrons. The molecule has 4 heteroatoms. The van der Waals surface area contributed by atoms with E-state index in [2.05, 4.69) is 0 Å². The van der Waals surface area contributed by atoms with Gasteiger partial charge in [-0.25, -0.2) is 0 Å². The average molecular weight is 357 g/mol. The van der Waals surface area contributed by atoms with E-state index < -0.39 is 0 Å². The van der Waals surface area contributed by atoms with Crippen molar-refractivity contribution in [2.24, 2.45) is 0 Å². The number of benzene rings is 3. The van der Waals surface area contributed by atoms with Crippen LogP contribution in [0.3, 0.4) is 0 Å². The van der Waals surface area contributed by atoms with Crippen molar-refractivity contribution in [3.8, 4) is 11.5 Å². The molecule has 0 aromatic heterocycles. The van der Waals surface area contributed by atoms with Crippen LogP contribution in [-0.4, -0.2) is 5.78 Å². The summed E-state index contributed by atoms with van der Waals surface area (Å²) in [5, 5.41) is 0.871. The first kappa shape index (κ1) is 16.6. The monoisotopic (exact) mass is 356 g/mol. The summed E-state index contributed by atoms with van der Waals surface area (Å²) in [7, 11) is 0. The molecule has 0 spiro atoms. The summed E-state index contributed by atoms with van der Waals surface area (Å²) in [6.45, 7) is 2.00. The highest BCUT2D eigenvalue weighted by Crippen LogP contribution is 2.25. The first-order chi connectivity index (χ1) is 11.5. The Morgan fingerprint density at radius 2 is 1.46 bits per heavy atom. The third-order valence-electron chi connectivity index (χ3n) is 3.47. The van der Waals surface area contributed by atoms with Gasteiger partial charge >= 0.3 is 0 Å². The van der Waals surface area contributed by atoms with Crippen LogP contribution in [0.5, 0.6) is 11.5 Å². The maximum atomic E-state index is 12.5. The molecule has 0 amide bonds. The maximum Gasteiger partial charge on any atom is 0.193 e. The smallest absolute Gasteiger partial charge is 0.193 e. The molecule has 0 N–H and O–H groups in total. The Kier molecular flexibility index (Phi) is 4.89. The summed E-state index contributed by atoms with van der Waals surface area (Å²) in [6.07, 6.45) is 0. The lowest BCUT2D eigenvalue weighted by atomic mass is 10.0. The SMILES string of the molecule is Cc1cccc(Oc2ccc(C(=O)c3cc(Cl)cc(Cl)c3)cc2)c1. The Bertz CT molecular complexity index is 866. The van der Waals surface area contributed by atoms with Crippen molar-refractivity contribution < 1.29 is 9.53 Å². The van der Waals surface area contributed by atoms with Crippen molar-refractivity contribution in [1.29, 1.82) is 0 Å². The molecule has 0 atom stereocenters. The lowest BCUT2D eigenvalue weighted by Gasteiger charge is -2.08. The Balaban J connectivity index is 1.80. The van der Waals surface area contributed by atoms with Gasteiger partial charge in [0, 0.05) is 21.2 Å². The molecule has 0 aliphatic rings. The molecule has 0 radical (unpaired) electrons. The normalized spacial score (nSPS) is 10.5. The molecule has 0 saturated carbocycles. The topological polar surface area (TPSA) is 26.3 Å². The molecule has 2 nitrogen and oxygen atoms in total. The number of hydrogen-bond donors (Lipinski definition) is 0. The van der Waals surface area contributed by atoms with Crippen molar-refractivity contribution in [2.75, 3.05) is 0 Å². The van der Waals surface area contributed by atoms with Gasteiger partial charge in [-0.3, -0.25) is 4.79 Å². The molecule has 0 fully saturated rings. The maximum absolute atomic E-state index is 12.5. The molecule has 3 rings (SSSR count). The van der Waals surface area contributed by atoms with Crippen LogP contribution in [0.15, 0.2) is 66.7 Å². The van der Waals surface area contributed by atoms with Crippen molar-refractivity contribution >= 4 is 29.0 Å². The highest BCUT2D eigenvalue weighted by atomic mass is 35.5. The minimum atomic E-state index is -0.137. The zero-order valence-electron chi connectivity index (χ0n) is 12.9. The number of rotatable bonds is 4. The van der Waals surface area contributed by atoms with E-state index in [0.29, 0.717) is 26.9 Å². The second-order valence-corrected chi connectivity index (χ2v) is 6.30. The van der Waals surface area contributed by atoms with Crippen molar-refractivity contribution in [1.82, 2.24) is 0 Å². The predicted molar refractivity (Wildman–Crippen MR) is 97.6 cm³/mol. The Morgan fingerprint density at radius 1 is 0.792 bits per heavy atom. The van der Waals surface area contributed by atoms with Crippen molar-refractivity contribution in [2.45, 2.75) is 6.92 Å². The molecular formula is C20H14Cl2O2. The molecule has 3 aromatic carbocycles. The van der Waals surface area contributed by atoms with E-state index >= 15 is 0 Å². The van der Waals surface area contributed by atoms with Gasteiger partial charge in [0.2, 0.25) is 0 Å². The molecule has 0 unspecified atom stereocenters. The lowest BCUT2D eigenvalue weighted by Crippen LogP contribution is -2.01. The highest BCUT2D eigenvalue weighted by molar-refractivity contribution is 6.35. The Labute approximate surface area is 150 Å². The number of carbonyl (C=O) groups excluding carboxylic acids is 1. The fraction of sp³-hybridized carbons (Fsp3) is 0.0500. The number of aryl methyl sites for hydroxylation is 1. The van der Waals surface area contributed by atoms with Crippen LogP contribution < -0.4 is 4.74 Å². The standard InChI is InChI=1S/C20H14Cl2O2/c1-13-3-2-4-19(9-13)24-18-7-5-14(6-8-18)20(23)15-10-16(21)12-17(22)11-15/h2-12H,1H3. The van der Waals surface area contributed by atoms with Gasteiger partial charge in [0.05, 0.1) is 0 Å². The molecule has 0 aliphatic heterocycles. The van der Waals surface area contributed by atoms with E-state index in [0.717, 1.165) is 11.3 Å². The summed E-state index contributed by atoms with van der Waals surface area (Å²) in [5.74, 6) is 1.29. The summed E-state index contributed by atoms with van der Waals surface area (Å²) in [6, 6.07) is 19.6. The zero-order valence-corrected chi connectivity index (χ0v) is 14.4. The number of ether oxygens (including phenoxy) is 1. The first-order valence-electron chi connectivity index (χ1n) is 7.37. The van der Waals surface area contributed by atoms with Gasteiger partial charge < -0.3 is 4.74 Å².